The number of fused-ring (bicyclic) bond motifs is 3. The fourth-order valence-corrected chi connectivity index (χ4v) is 5.02. The van der Waals surface area contributed by atoms with Crippen LogP contribution in [0.2, 0.25) is 0 Å². The van der Waals surface area contributed by atoms with Gasteiger partial charge in [-0.3, -0.25) is 0 Å². The summed E-state index contributed by atoms with van der Waals surface area (Å²) in [5, 5.41) is 19.4. The summed E-state index contributed by atoms with van der Waals surface area (Å²) in [6, 6.07) is 32.6. The molecule has 7 rings (SSSR count). The lowest BCUT2D eigenvalue weighted by Crippen LogP contribution is -2.35. The van der Waals surface area contributed by atoms with Crippen LogP contribution in [0, 0.1) is 0 Å². The second-order valence-corrected chi connectivity index (χ2v) is 9.19. The van der Waals surface area contributed by atoms with Crippen LogP contribution in [0.1, 0.15) is 23.5 Å². The normalized spacial score (nSPS) is 17.5. The lowest BCUT2D eigenvalue weighted by atomic mass is 10.1. The van der Waals surface area contributed by atoms with E-state index in [9.17, 15) is 0 Å². The minimum atomic E-state index is -0.260. The average Bonchev–Trinajstić information content (AvgIpc) is 3.57. The summed E-state index contributed by atoms with van der Waals surface area (Å²) in [5.41, 5.74) is 6.72. The van der Waals surface area contributed by atoms with E-state index in [1.165, 1.54) is 0 Å². The number of hydrogen-bond donors (Lipinski definition) is 0. The van der Waals surface area contributed by atoms with E-state index < -0.39 is 0 Å². The topological polar surface area (TPSA) is 64.7 Å². The van der Waals surface area contributed by atoms with Crippen molar-refractivity contribution in [3.8, 4) is 0 Å². The molecule has 1 aliphatic rings. The zero-order valence-electron chi connectivity index (χ0n) is 17.9. The smallest absolute Gasteiger partial charge is 0.171 e. The maximum Gasteiger partial charge on any atom is 0.171 e. The van der Waals surface area contributed by atoms with Gasteiger partial charge in [0, 0.05) is 21.3 Å². The zero-order valence-corrected chi connectivity index (χ0v) is 19.5. The van der Waals surface area contributed by atoms with Crippen molar-refractivity contribution in [2.45, 2.75) is 12.3 Å². The molecule has 7 nitrogen and oxygen atoms in total. The molecule has 6 aromatic rings. The number of aromatic nitrogens is 6. The lowest BCUT2D eigenvalue weighted by molar-refractivity contribution is 0.387. The Kier molecular flexibility index (Phi) is 4.28. The van der Waals surface area contributed by atoms with Crippen LogP contribution in [0.5, 0.6) is 0 Å². The van der Waals surface area contributed by atoms with Crippen molar-refractivity contribution in [2.24, 2.45) is 0 Å². The Hall–Kier alpha value is -4.04. The quantitative estimate of drug-likeness (QED) is 0.314. The van der Waals surface area contributed by atoms with Gasteiger partial charge in [-0.1, -0.05) is 64.5 Å². The van der Waals surface area contributed by atoms with Gasteiger partial charge in [0.1, 0.15) is 22.1 Å². The van der Waals surface area contributed by atoms with Crippen molar-refractivity contribution >= 4 is 43.7 Å². The molecule has 164 valence electrons. The van der Waals surface area contributed by atoms with Crippen molar-refractivity contribution in [3.05, 3.63) is 113 Å². The average molecular weight is 508 g/mol. The molecule has 3 heterocycles. The van der Waals surface area contributed by atoms with E-state index in [0.717, 1.165) is 43.4 Å². The Morgan fingerprint density at radius 2 is 0.882 bits per heavy atom. The summed E-state index contributed by atoms with van der Waals surface area (Å²) in [6.45, 7) is 0. The van der Waals surface area contributed by atoms with Crippen molar-refractivity contribution in [1.82, 2.24) is 30.0 Å². The number of benzene rings is 4. The van der Waals surface area contributed by atoms with Crippen LogP contribution in [0.25, 0.3) is 22.1 Å². The van der Waals surface area contributed by atoms with Crippen LogP contribution in [0.3, 0.4) is 0 Å². The van der Waals surface area contributed by atoms with Crippen LogP contribution in [-0.2, 0) is 0 Å². The molecule has 2 aromatic heterocycles. The Morgan fingerprint density at radius 1 is 0.500 bits per heavy atom. The lowest BCUT2D eigenvalue weighted by Gasteiger charge is -2.31. The number of halogens is 1. The molecule has 2 atom stereocenters. The molecule has 0 fully saturated rings. The van der Waals surface area contributed by atoms with Crippen molar-refractivity contribution in [1.29, 1.82) is 0 Å². The minimum absolute atomic E-state index is 0.260. The van der Waals surface area contributed by atoms with Gasteiger partial charge in [-0.25, -0.2) is 0 Å². The summed E-state index contributed by atoms with van der Waals surface area (Å²) in [7, 11) is 0. The molecular weight excluding hydrogens is 490 g/mol. The molecule has 1 aliphatic heterocycles. The van der Waals surface area contributed by atoms with Crippen LogP contribution < -0.4 is 4.90 Å². The first kappa shape index (κ1) is 19.4. The molecule has 8 heteroatoms. The summed E-state index contributed by atoms with van der Waals surface area (Å²) in [4.78, 5) is 5.92. The molecule has 34 heavy (non-hydrogen) atoms. The molecule has 0 N–H and O–H groups in total. The minimum Gasteiger partial charge on any atom is -0.317 e. The van der Waals surface area contributed by atoms with Gasteiger partial charge in [0.25, 0.3) is 0 Å². The summed E-state index contributed by atoms with van der Waals surface area (Å²) in [5.74, 6) is 0. The van der Waals surface area contributed by atoms with Gasteiger partial charge < -0.3 is 4.90 Å². The molecule has 0 amide bonds. The highest BCUT2D eigenvalue weighted by Gasteiger charge is 2.43. The fraction of sp³-hybridized carbons (Fsp3) is 0.0769. The van der Waals surface area contributed by atoms with E-state index >= 15 is 0 Å². The highest BCUT2D eigenvalue weighted by atomic mass is 79.9. The molecule has 0 bridgehead atoms. The summed E-state index contributed by atoms with van der Waals surface area (Å²) in [6.07, 6.45) is -0.521. The maximum atomic E-state index is 4.86. The van der Waals surface area contributed by atoms with E-state index in [4.69, 9.17) is 20.4 Å². The molecule has 2 unspecified atom stereocenters. The predicted molar refractivity (Wildman–Crippen MR) is 134 cm³/mol. The van der Waals surface area contributed by atoms with Crippen LogP contribution >= 0.6 is 15.9 Å². The number of nitrogens with zero attached hydrogens (tertiary/aromatic N) is 7. The van der Waals surface area contributed by atoms with Crippen molar-refractivity contribution < 1.29 is 0 Å². The summed E-state index contributed by atoms with van der Waals surface area (Å²) >= 11 is 3.57. The van der Waals surface area contributed by atoms with E-state index in [1.807, 2.05) is 70.3 Å². The van der Waals surface area contributed by atoms with E-state index in [0.29, 0.717) is 0 Å². The second-order valence-electron chi connectivity index (χ2n) is 8.28. The number of rotatable bonds is 3. The molecule has 4 aromatic carbocycles. The van der Waals surface area contributed by atoms with Crippen molar-refractivity contribution in [2.75, 3.05) is 4.90 Å². The number of anilines is 1. The molecule has 0 aliphatic carbocycles. The van der Waals surface area contributed by atoms with Gasteiger partial charge in [-0.15, -0.1) is 0 Å². The van der Waals surface area contributed by atoms with Crippen LogP contribution in [0.15, 0.2) is 102 Å². The predicted octanol–water partition coefficient (Wildman–Crippen LogP) is 5.55. The van der Waals surface area contributed by atoms with E-state index in [-0.39, 0.29) is 12.3 Å². The monoisotopic (exact) mass is 507 g/mol. The highest BCUT2D eigenvalue weighted by molar-refractivity contribution is 9.10. The molecular formula is C26H18BrN7. The maximum absolute atomic E-state index is 4.86. The SMILES string of the molecule is Brc1ccc(N2C(n3nc4ccccc4n3)c3ccccc3C2n2nc3ccccc3n2)cc1. The zero-order chi connectivity index (χ0) is 22.6. The standard InChI is InChI=1S/C26H18BrN7/c27-17-13-15-18(16-14-17)32-25(33-28-21-9-3-4-10-22(21)29-33)19-7-1-2-8-20(19)26(32)34-30-23-11-5-6-12-24(23)31-34/h1-16,25-26H. The third-order valence-electron chi connectivity index (χ3n) is 6.25. The van der Waals surface area contributed by atoms with Gasteiger partial charge >= 0.3 is 0 Å². The Balaban J connectivity index is 1.49. The van der Waals surface area contributed by atoms with Gasteiger partial charge in [0.15, 0.2) is 12.3 Å². The van der Waals surface area contributed by atoms with E-state index in [2.05, 4.69) is 57.2 Å². The van der Waals surface area contributed by atoms with Gasteiger partial charge in [-0.05, 0) is 48.5 Å². The molecule has 0 saturated carbocycles. The van der Waals surface area contributed by atoms with Crippen LogP contribution in [0.4, 0.5) is 5.69 Å². The number of hydrogen-bond acceptors (Lipinski definition) is 5. The third kappa shape index (κ3) is 2.95. The van der Waals surface area contributed by atoms with Gasteiger partial charge in [0.05, 0.1) is 0 Å². The van der Waals surface area contributed by atoms with Gasteiger partial charge in [-0.2, -0.15) is 30.0 Å². The first-order chi connectivity index (χ1) is 16.8. The van der Waals surface area contributed by atoms with Crippen LogP contribution in [-0.4, -0.2) is 30.0 Å². The van der Waals surface area contributed by atoms with Crippen molar-refractivity contribution in [3.63, 3.8) is 0 Å². The third-order valence-corrected chi connectivity index (χ3v) is 6.77. The Morgan fingerprint density at radius 3 is 1.29 bits per heavy atom. The highest BCUT2D eigenvalue weighted by Crippen LogP contribution is 2.46. The molecule has 0 saturated heterocycles. The molecule has 0 radical (unpaired) electrons. The second kappa shape index (κ2) is 7.50. The van der Waals surface area contributed by atoms with E-state index in [1.54, 1.807) is 0 Å². The Bertz CT molecular complexity index is 1490. The largest absolute Gasteiger partial charge is 0.317 e. The first-order valence-electron chi connectivity index (χ1n) is 11.0. The fourth-order valence-electron chi connectivity index (χ4n) is 4.75. The van der Waals surface area contributed by atoms with Gasteiger partial charge in [0.2, 0.25) is 0 Å². The Labute approximate surface area is 203 Å². The first-order valence-corrected chi connectivity index (χ1v) is 11.8. The molecule has 0 spiro atoms. The summed E-state index contributed by atoms with van der Waals surface area (Å²) < 4.78 is 1.02.